The third-order valence-corrected chi connectivity index (χ3v) is 6.00. The SMILES string of the molecule is COC(=O)CSCCC[Si](OC)(OC)OC. The minimum absolute atomic E-state index is 0.196. The van der Waals surface area contributed by atoms with Gasteiger partial charge in [0, 0.05) is 27.4 Å². The minimum atomic E-state index is -2.43. The molecule has 0 aromatic rings. The van der Waals surface area contributed by atoms with Crippen LogP contribution in [0.2, 0.25) is 6.04 Å². The fourth-order valence-electron chi connectivity index (χ4n) is 1.16. The second kappa shape index (κ2) is 9.00. The van der Waals surface area contributed by atoms with Crippen LogP contribution in [0.1, 0.15) is 6.42 Å². The van der Waals surface area contributed by atoms with Crippen molar-refractivity contribution < 1.29 is 22.8 Å². The van der Waals surface area contributed by atoms with Crippen molar-refractivity contribution in [1.29, 1.82) is 0 Å². The maximum atomic E-state index is 10.8. The Labute approximate surface area is 102 Å². The van der Waals surface area contributed by atoms with E-state index in [0.29, 0.717) is 5.75 Å². The van der Waals surface area contributed by atoms with E-state index in [2.05, 4.69) is 4.74 Å². The van der Waals surface area contributed by atoms with Gasteiger partial charge >= 0.3 is 14.8 Å². The highest BCUT2D eigenvalue weighted by molar-refractivity contribution is 7.99. The summed E-state index contributed by atoms with van der Waals surface area (Å²) in [6.45, 7) is 0. The fourth-order valence-corrected chi connectivity index (χ4v) is 3.92. The van der Waals surface area contributed by atoms with Gasteiger partial charge in [-0.25, -0.2) is 0 Å². The normalized spacial score (nSPS) is 11.5. The van der Waals surface area contributed by atoms with E-state index >= 15 is 0 Å². The molecule has 0 aliphatic carbocycles. The molecule has 0 bridgehead atoms. The number of carbonyl (C=O) groups excluding carboxylic acids is 1. The zero-order chi connectivity index (χ0) is 12.4. The van der Waals surface area contributed by atoms with Gasteiger partial charge in [0.25, 0.3) is 0 Å². The Kier molecular flexibility index (Phi) is 8.95. The summed E-state index contributed by atoms with van der Waals surface area (Å²) in [5, 5.41) is 0. The van der Waals surface area contributed by atoms with E-state index in [0.717, 1.165) is 18.2 Å². The Hall–Kier alpha value is -0.0831. The molecule has 0 aromatic heterocycles. The standard InChI is InChI=1S/C9H20O5SSi/c1-11-9(10)8-15-6-5-7-16(12-2,13-3)14-4/h5-8H2,1-4H3. The quantitative estimate of drug-likeness (QED) is 0.355. The molecule has 0 saturated heterocycles. The number of esters is 1. The molecule has 0 heterocycles. The Morgan fingerprint density at radius 2 is 1.69 bits per heavy atom. The third kappa shape index (κ3) is 5.85. The van der Waals surface area contributed by atoms with Crippen molar-refractivity contribution in [2.24, 2.45) is 0 Å². The van der Waals surface area contributed by atoms with Crippen LogP contribution in [0.4, 0.5) is 0 Å². The van der Waals surface area contributed by atoms with Crippen molar-refractivity contribution in [3.05, 3.63) is 0 Å². The van der Waals surface area contributed by atoms with Crippen molar-refractivity contribution >= 4 is 26.5 Å². The van der Waals surface area contributed by atoms with Crippen LogP contribution >= 0.6 is 11.8 Å². The Bertz CT molecular complexity index is 190. The summed E-state index contributed by atoms with van der Waals surface area (Å²) >= 11 is 1.54. The zero-order valence-corrected chi connectivity index (χ0v) is 12.1. The maximum Gasteiger partial charge on any atom is 0.500 e. The molecule has 0 rings (SSSR count). The second-order valence-electron chi connectivity index (χ2n) is 3.03. The van der Waals surface area contributed by atoms with Crippen molar-refractivity contribution in [2.75, 3.05) is 39.9 Å². The van der Waals surface area contributed by atoms with Crippen LogP contribution in [-0.2, 0) is 22.8 Å². The van der Waals surface area contributed by atoms with Crippen molar-refractivity contribution in [3.8, 4) is 0 Å². The summed E-state index contributed by atoms with van der Waals surface area (Å²) < 4.78 is 20.4. The first-order chi connectivity index (χ1) is 7.64. The maximum absolute atomic E-state index is 10.8. The van der Waals surface area contributed by atoms with Gasteiger partial charge < -0.3 is 18.0 Å². The first-order valence-electron chi connectivity index (χ1n) is 4.94. The lowest BCUT2D eigenvalue weighted by Crippen LogP contribution is -2.42. The molecule has 16 heavy (non-hydrogen) atoms. The van der Waals surface area contributed by atoms with E-state index in [1.807, 2.05) is 0 Å². The molecule has 0 unspecified atom stereocenters. The molecule has 5 nitrogen and oxygen atoms in total. The van der Waals surface area contributed by atoms with E-state index in [-0.39, 0.29) is 5.97 Å². The molecule has 0 amide bonds. The number of hydrogen-bond donors (Lipinski definition) is 0. The topological polar surface area (TPSA) is 54.0 Å². The highest BCUT2D eigenvalue weighted by Gasteiger charge is 2.36. The molecule has 0 aliphatic rings. The van der Waals surface area contributed by atoms with Crippen LogP contribution in [-0.4, -0.2) is 54.7 Å². The number of methoxy groups -OCH3 is 1. The summed E-state index contributed by atoms with van der Waals surface area (Å²) in [7, 11) is 3.75. The van der Waals surface area contributed by atoms with Gasteiger partial charge in [-0.2, -0.15) is 11.8 Å². The van der Waals surface area contributed by atoms with Crippen LogP contribution in [0.5, 0.6) is 0 Å². The highest BCUT2D eigenvalue weighted by atomic mass is 32.2. The number of thioether (sulfide) groups is 1. The molecule has 96 valence electrons. The van der Waals surface area contributed by atoms with E-state index in [1.54, 1.807) is 21.3 Å². The zero-order valence-electron chi connectivity index (χ0n) is 10.3. The number of rotatable bonds is 9. The van der Waals surface area contributed by atoms with Gasteiger partial charge in [0.2, 0.25) is 0 Å². The van der Waals surface area contributed by atoms with Crippen LogP contribution in [0.15, 0.2) is 0 Å². The van der Waals surface area contributed by atoms with E-state index in [4.69, 9.17) is 13.3 Å². The van der Waals surface area contributed by atoms with Gasteiger partial charge in [0.05, 0.1) is 12.9 Å². The number of hydrogen-bond acceptors (Lipinski definition) is 6. The Balaban J connectivity index is 3.67. The van der Waals surface area contributed by atoms with Gasteiger partial charge in [-0.15, -0.1) is 0 Å². The van der Waals surface area contributed by atoms with E-state index in [1.165, 1.54) is 18.9 Å². The molecule has 0 atom stereocenters. The lowest BCUT2D eigenvalue weighted by atomic mass is 10.6. The van der Waals surface area contributed by atoms with Crippen LogP contribution < -0.4 is 0 Å². The summed E-state index contributed by atoms with van der Waals surface area (Å²) in [6, 6.07) is 0.755. The molecule has 0 aliphatic heterocycles. The van der Waals surface area contributed by atoms with Crippen LogP contribution in [0, 0.1) is 0 Å². The van der Waals surface area contributed by atoms with Crippen LogP contribution in [0.25, 0.3) is 0 Å². The first kappa shape index (κ1) is 15.9. The molecule has 0 spiro atoms. The second-order valence-corrected chi connectivity index (χ2v) is 7.22. The average molecular weight is 268 g/mol. The molecule has 0 fully saturated rings. The Morgan fingerprint density at radius 3 is 2.12 bits per heavy atom. The largest absolute Gasteiger partial charge is 0.500 e. The average Bonchev–Trinajstić information content (AvgIpc) is 2.34. The lowest BCUT2D eigenvalue weighted by Gasteiger charge is -2.24. The number of carbonyl (C=O) groups is 1. The molecular weight excluding hydrogens is 248 g/mol. The smallest absolute Gasteiger partial charge is 0.468 e. The van der Waals surface area contributed by atoms with Crippen molar-refractivity contribution in [1.82, 2.24) is 0 Å². The van der Waals surface area contributed by atoms with Crippen molar-refractivity contribution in [3.63, 3.8) is 0 Å². The third-order valence-electron chi connectivity index (χ3n) is 2.15. The molecular formula is C9H20O5SSi. The van der Waals surface area contributed by atoms with Gasteiger partial charge in [-0.3, -0.25) is 4.79 Å². The highest BCUT2D eigenvalue weighted by Crippen LogP contribution is 2.17. The van der Waals surface area contributed by atoms with E-state index in [9.17, 15) is 4.79 Å². The molecule has 0 N–H and O–H groups in total. The summed E-state index contributed by atoms with van der Waals surface area (Å²) in [4.78, 5) is 10.8. The van der Waals surface area contributed by atoms with Gasteiger partial charge in [0.15, 0.2) is 0 Å². The summed E-state index contributed by atoms with van der Waals surface area (Å²) in [5.74, 6) is 1.05. The van der Waals surface area contributed by atoms with Gasteiger partial charge in [-0.1, -0.05) is 0 Å². The van der Waals surface area contributed by atoms with E-state index < -0.39 is 8.80 Å². The number of ether oxygens (including phenoxy) is 1. The molecule has 7 heteroatoms. The van der Waals surface area contributed by atoms with Crippen LogP contribution in [0.3, 0.4) is 0 Å². The van der Waals surface area contributed by atoms with Gasteiger partial charge in [0.1, 0.15) is 0 Å². The molecule has 0 saturated carbocycles. The first-order valence-corrected chi connectivity index (χ1v) is 8.02. The Morgan fingerprint density at radius 1 is 1.12 bits per heavy atom. The molecule has 0 radical (unpaired) electrons. The predicted octanol–water partition coefficient (Wildman–Crippen LogP) is 1.16. The van der Waals surface area contributed by atoms with Crippen molar-refractivity contribution in [2.45, 2.75) is 12.5 Å². The summed E-state index contributed by atoms with van der Waals surface area (Å²) in [6.07, 6.45) is 0.892. The lowest BCUT2D eigenvalue weighted by molar-refractivity contribution is -0.137. The molecule has 0 aromatic carbocycles. The minimum Gasteiger partial charge on any atom is -0.468 e. The monoisotopic (exact) mass is 268 g/mol. The predicted molar refractivity (Wildman–Crippen MR) is 65.5 cm³/mol. The summed E-state index contributed by atoms with van der Waals surface area (Å²) in [5.41, 5.74) is 0. The van der Waals surface area contributed by atoms with Gasteiger partial charge in [-0.05, 0) is 12.2 Å². The fraction of sp³-hybridized carbons (Fsp3) is 0.889.